The number of fused-ring (bicyclic) bond motifs is 1. The molecule has 0 aliphatic rings. The van der Waals surface area contributed by atoms with Gasteiger partial charge in [-0.3, -0.25) is 14.3 Å². The molecule has 3 aromatic rings. The van der Waals surface area contributed by atoms with Crippen molar-refractivity contribution in [3.63, 3.8) is 0 Å². The van der Waals surface area contributed by atoms with Crippen LogP contribution >= 0.6 is 0 Å². The molecule has 98 valence electrons. The second-order valence-electron chi connectivity index (χ2n) is 4.22. The van der Waals surface area contributed by atoms with Crippen molar-refractivity contribution in [2.45, 2.75) is 0 Å². The number of hydrogen-bond acceptors (Lipinski definition) is 3. The topological polar surface area (TPSA) is 52.7 Å². The van der Waals surface area contributed by atoms with Crippen molar-refractivity contribution in [2.24, 2.45) is 7.05 Å². The van der Waals surface area contributed by atoms with Gasteiger partial charge in [0, 0.05) is 13.1 Å². The van der Waals surface area contributed by atoms with Crippen LogP contribution in [0.1, 0.15) is 0 Å². The predicted molar refractivity (Wildman–Crippen MR) is 69.4 cm³/mol. The van der Waals surface area contributed by atoms with E-state index in [1.807, 2.05) is 0 Å². The number of halogens is 2. The molecule has 2 radical (unpaired) electrons. The molecule has 0 N–H and O–H groups in total. The van der Waals surface area contributed by atoms with Gasteiger partial charge in [-0.1, -0.05) is 0 Å². The van der Waals surface area contributed by atoms with Crippen molar-refractivity contribution in [3.8, 4) is 5.69 Å². The zero-order chi connectivity index (χ0) is 14.4. The molecule has 2 heterocycles. The van der Waals surface area contributed by atoms with Gasteiger partial charge in [0.05, 0.1) is 11.8 Å². The minimum Gasteiger partial charge on any atom is -0.294 e. The first-order valence-corrected chi connectivity index (χ1v) is 5.64. The molecule has 0 aliphatic carbocycles. The first kappa shape index (κ1) is 12.5. The molecular weight excluding hydrogens is 265 g/mol. The van der Waals surface area contributed by atoms with E-state index in [0.29, 0.717) is 5.52 Å². The van der Waals surface area contributed by atoms with Crippen LogP contribution in [0, 0.1) is 11.6 Å². The summed E-state index contributed by atoms with van der Waals surface area (Å²) in [6.45, 7) is 0. The van der Waals surface area contributed by atoms with E-state index in [1.54, 1.807) is 0 Å². The number of rotatable bonds is 1. The van der Waals surface area contributed by atoms with Crippen LogP contribution in [0.4, 0.5) is 8.78 Å². The Labute approximate surface area is 112 Å². The van der Waals surface area contributed by atoms with Gasteiger partial charge < -0.3 is 0 Å². The summed E-state index contributed by atoms with van der Waals surface area (Å²) >= 11 is 0. The first-order valence-electron chi connectivity index (χ1n) is 5.64. The maximum atomic E-state index is 13.8. The molecule has 0 atom stereocenters. The molecule has 1 aromatic carbocycles. The Balaban J connectivity index is 2.38. The molecule has 0 bridgehead atoms. The number of benzene rings is 1. The minimum atomic E-state index is -0.792. The average Bonchev–Trinajstić information content (AvgIpc) is 2.80. The van der Waals surface area contributed by atoms with Gasteiger partial charge in [0.1, 0.15) is 24.9 Å². The van der Waals surface area contributed by atoms with Gasteiger partial charge in [0.2, 0.25) is 0 Å². The second kappa shape index (κ2) is 4.26. The van der Waals surface area contributed by atoms with Crippen molar-refractivity contribution in [1.82, 2.24) is 19.3 Å². The standard InChI is InChI=1S/C12H7BF2N4O/c1-18-11-8(17-10(13)12(18)20)5-16-19(11)9-3-2-6(14)4-7(9)15/h2-5H,1H3. The summed E-state index contributed by atoms with van der Waals surface area (Å²) < 4.78 is 29.2. The Morgan fingerprint density at radius 3 is 2.75 bits per heavy atom. The highest BCUT2D eigenvalue weighted by molar-refractivity contribution is 6.30. The van der Waals surface area contributed by atoms with Crippen LogP contribution in [0.25, 0.3) is 16.9 Å². The van der Waals surface area contributed by atoms with Gasteiger partial charge in [-0.2, -0.15) is 5.10 Å². The smallest absolute Gasteiger partial charge is 0.262 e. The van der Waals surface area contributed by atoms with Gasteiger partial charge in [-0.05, 0) is 12.1 Å². The Morgan fingerprint density at radius 1 is 1.30 bits per heavy atom. The lowest BCUT2D eigenvalue weighted by molar-refractivity contribution is 0.574. The van der Waals surface area contributed by atoms with Gasteiger partial charge >= 0.3 is 0 Å². The van der Waals surface area contributed by atoms with Crippen molar-refractivity contribution >= 4 is 24.6 Å². The number of hydrogen-bond donors (Lipinski definition) is 0. The highest BCUT2D eigenvalue weighted by Crippen LogP contribution is 2.18. The Hall–Kier alpha value is -2.51. The zero-order valence-corrected chi connectivity index (χ0v) is 10.3. The molecule has 8 heteroatoms. The van der Waals surface area contributed by atoms with E-state index in [9.17, 15) is 13.6 Å². The highest BCUT2D eigenvalue weighted by Gasteiger charge is 2.15. The lowest BCUT2D eigenvalue weighted by atomic mass is 10.1. The second-order valence-corrected chi connectivity index (χ2v) is 4.22. The summed E-state index contributed by atoms with van der Waals surface area (Å²) in [5.74, 6) is -1.49. The Morgan fingerprint density at radius 2 is 2.05 bits per heavy atom. The van der Waals surface area contributed by atoms with Crippen LogP contribution in [-0.4, -0.2) is 27.2 Å². The van der Waals surface area contributed by atoms with Gasteiger partial charge in [-0.25, -0.2) is 13.5 Å². The largest absolute Gasteiger partial charge is 0.294 e. The summed E-state index contributed by atoms with van der Waals surface area (Å²) in [5, 5.41) is 3.98. The summed E-state index contributed by atoms with van der Waals surface area (Å²) in [5.41, 5.74) is -0.0492. The summed E-state index contributed by atoms with van der Waals surface area (Å²) in [7, 11) is 6.95. The van der Waals surface area contributed by atoms with Gasteiger partial charge in [-0.15, -0.1) is 0 Å². The highest BCUT2D eigenvalue weighted by atomic mass is 19.1. The molecule has 0 amide bonds. The number of aromatic nitrogens is 4. The Kier molecular flexibility index (Phi) is 2.67. The van der Waals surface area contributed by atoms with Crippen molar-refractivity contribution in [1.29, 1.82) is 0 Å². The first-order chi connectivity index (χ1) is 9.49. The third kappa shape index (κ3) is 1.72. The minimum absolute atomic E-state index is 0.0166. The predicted octanol–water partition coefficient (Wildman–Crippen LogP) is 0.191. The molecule has 2 aromatic heterocycles. The lowest BCUT2D eigenvalue weighted by Crippen LogP contribution is -2.36. The normalized spacial score (nSPS) is 11.2. The van der Waals surface area contributed by atoms with Crippen molar-refractivity contribution in [2.75, 3.05) is 0 Å². The summed E-state index contributed by atoms with van der Waals surface area (Å²) in [6, 6.07) is 3.08. The van der Waals surface area contributed by atoms with Crippen LogP contribution in [-0.2, 0) is 7.05 Å². The quantitative estimate of drug-likeness (QED) is 0.594. The lowest BCUT2D eigenvalue weighted by Gasteiger charge is -2.08. The molecule has 0 saturated heterocycles. The van der Waals surface area contributed by atoms with E-state index in [1.165, 1.54) is 28.6 Å². The third-order valence-corrected chi connectivity index (χ3v) is 2.95. The molecule has 5 nitrogen and oxygen atoms in total. The number of nitrogens with zero attached hydrogens (tertiary/aromatic N) is 4. The van der Waals surface area contributed by atoms with E-state index >= 15 is 0 Å². The molecule has 0 saturated carbocycles. The summed E-state index contributed by atoms with van der Waals surface area (Å²) in [4.78, 5) is 15.7. The monoisotopic (exact) mass is 272 g/mol. The fraction of sp³-hybridized carbons (Fsp3) is 0.0833. The third-order valence-electron chi connectivity index (χ3n) is 2.95. The molecule has 0 unspecified atom stereocenters. The fourth-order valence-electron chi connectivity index (χ4n) is 2.00. The van der Waals surface area contributed by atoms with E-state index in [2.05, 4.69) is 10.1 Å². The SMILES string of the molecule is [B]c1nc2cnn(-c3ccc(F)cc3F)c2n(C)c1=O. The maximum absolute atomic E-state index is 13.8. The maximum Gasteiger partial charge on any atom is 0.262 e. The van der Waals surface area contributed by atoms with Crippen LogP contribution in [0.2, 0.25) is 0 Å². The van der Waals surface area contributed by atoms with Crippen molar-refractivity contribution in [3.05, 3.63) is 46.4 Å². The van der Waals surface area contributed by atoms with E-state index < -0.39 is 17.2 Å². The van der Waals surface area contributed by atoms with Crippen LogP contribution < -0.4 is 11.2 Å². The van der Waals surface area contributed by atoms with Gasteiger partial charge in [0.15, 0.2) is 11.5 Å². The van der Waals surface area contributed by atoms with Crippen LogP contribution in [0.5, 0.6) is 0 Å². The summed E-state index contributed by atoms with van der Waals surface area (Å²) in [6.07, 6.45) is 1.36. The van der Waals surface area contributed by atoms with E-state index in [0.717, 1.165) is 12.1 Å². The fourth-order valence-corrected chi connectivity index (χ4v) is 2.00. The van der Waals surface area contributed by atoms with Gasteiger partial charge in [0.25, 0.3) is 5.56 Å². The van der Waals surface area contributed by atoms with Crippen molar-refractivity contribution < 1.29 is 8.78 Å². The average molecular weight is 272 g/mol. The molecule has 0 spiro atoms. The van der Waals surface area contributed by atoms with Crippen LogP contribution in [0.15, 0.2) is 29.2 Å². The Bertz CT molecular complexity index is 887. The molecule has 0 aliphatic heterocycles. The number of aryl methyl sites for hydroxylation is 1. The molecule has 0 fully saturated rings. The zero-order valence-electron chi connectivity index (χ0n) is 10.3. The molecule has 3 rings (SSSR count). The van der Waals surface area contributed by atoms with E-state index in [4.69, 9.17) is 7.85 Å². The molecule has 20 heavy (non-hydrogen) atoms. The van der Waals surface area contributed by atoms with E-state index in [-0.39, 0.29) is 16.9 Å². The molecular formula is C12H7BF2N4O. The van der Waals surface area contributed by atoms with Crippen LogP contribution in [0.3, 0.4) is 0 Å².